The summed E-state index contributed by atoms with van der Waals surface area (Å²) in [5.41, 5.74) is 3.63. The van der Waals surface area contributed by atoms with Gasteiger partial charge in [-0.2, -0.15) is 0 Å². The van der Waals surface area contributed by atoms with E-state index >= 15 is 0 Å². The molecule has 0 bridgehead atoms. The van der Waals surface area contributed by atoms with Gasteiger partial charge in [0.25, 0.3) is 5.79 Å². The van der Waals surface area contributed by atoms with Gasteiger partial charge in [-0.15, -0.1) is 0 Å². The van der Waals surface area contributed by atoms with Gasteiger partial charge in [-0.1, -0.05) is 29.3 Å². The molecule has 0 spiro atoms. The highest BCUT2D eigenvalue weighted by Gasteiger charge is 2.47. The molecular weight excluding hydrogens is 617 g/mol. The fraction of sp³-hybridized carbons (Fsp3) is 0.424. The maximum Gasteiger partial charge on any atom is 0.337 e. The van der Waals surface area contributed by atoms with Crippen LogP contribution in [0.1, 0.15) is 48.1 Å². The fourth-order valence-electron chi connectivity index (χ4n) is 7.01. The minimum absolute atomic E-state index is 0.117. The number of pyridine rings is 1. The molecule has 12 heteroatoms. The van der Waals surface area contributed by atoms with Gasteiger partial charge < -0.3 is 28.4 Å². The lowest BCUT2D eigenvalue weighted by Gasteiger charge is -2.54. The molecule has 3 fully saturated rings. The van der Waals surface area contributed by atoms with Gasteiger partial charge in [-0.3, -0.25) is 9.88 Å². The molecule has 2 aromatic carbocycles. The van der Waals surface area contributed by atoms with Crippen LogP contribution in [0.5, 0.6) is 11.5 Å². The highest BCUT2D eigenvalue weighted by Crippen LogP contribution is 2.51. The third-order valence-corrected chi connectivity index (χ3v) is 10.1. The van der Waals surface area contributed by atoms with Crippen LogP contribution < -0.4 is 14.4 Å². The number of imidazole rings is 1. The Morgan fingerprint density at radius 2 is 1.93 bits per heavy atom. The number of rotatable bonds is 7. The second-order valence-electron chi connectivity index (χ2n) is 12.2. The van der Waals surface area contributed by atoms with Gasteiger partial charge in [0.2, 0.25) is 0 Å². The number of ether oxygens (including phenoxy) is 4. The number of benzene rings is 2. The Kier molecular flexibility index (Phi) is 7.09. The number of hydrogen-bond acceptors (Lipinski definition) is 9. The number of fused-ring (bicyclic) bond motifs is 3. The van der Waals surface area contributed by atoms with Gasteiger partial charge in [0.15, 0.2) is 11.5 Å². The van der Waals surface area contributed by atoms with Crippen molar-refractivity contribution in [1.29, 1.82) is 0 Å². The molecule has 10 nitrogen and oxygen atoms in total. The van der Waals surface area contributed by atoms with E-state index in [2.05, 4.69) is 25.4 Å². The summed E-state index contributed by atoms with van der Waals surface area (Å²) in [5.74, 6) is 0.914. The molecule has 8 rings (SSSR count). The summed E-state index contributed by atoms with van der Waals surface area (Å²) < 4.78 is 25.8. The molecule has 3 aliphatic heterocycles. The molecule has 4 aromatic rings. The molecule has 0 unspecified atom stereocenters. The zero-order valence-corrected chi connectivity index (χ0v) is 26.6. The summed E-state index contributed by atoms with van der Waals surface area (Å²) in [6.07, 6.45) is 4.90. The summed E-state index contributed by atoms with van der Waals surface area (Å²) >= 11 is 12.8. The van der Waals surface area contributed by atoms with E-state index in [0.29, 0.717) is 57.7 Å². The molecule has 234 valence electrons. The number of halogens is 2. The molecule has 45 heavy (non-hydrogen) atoms. The summed E-state index contributed by atoms with van der Waals surface area (Å²) in [5, 5.41) is 1.00. The van der Waals surface area contributed by atoms with Crippen molar-refractivity contribution in [3.8, 4) is 11.5 Å². The molecule has 0 N–H and O–H groups in total. The normalized spacial score (nSPS) is 25.5. The quantitative estimate of drug-likeness (QED) is 0.230. The lowest BCUT2D eigenvalue weighted by molar-refractivity contribution is -0.0717. The maximum atomic E-state index is 12.4. The van der Waals surface area contributed by atoms with Gasteiger partial charge in [-0.05, 0) is 55.7 Å². The monoisotopic (exact) mass is 649 g/mol. The first-order valence-corrected chi connectivity index (χ1v) is 16.1. The number of hydrogen-bond donors (Lipinski definition) is 0. The lowest BCUT2D eigenvalue weighted by Crippen LogP contribution is -2.64. The first-order valence-electron chi connectivity index (χ1n) is 15.3. The van der Waals surface area contributed by atoms with E-state index in [-0.39, 0.29) is 6.10 Å². The van der Waals surface area contributed by atoms with E-state index in [4.69, 9.17) is 47.1 Å². The zero-order valence-electron chi connectivity index (χ0n) is 25.0. The van der Waals surface area contributed by atoms with E-state index < -0.39 is 11.8 Å². The zero-order chi connectivity index (χ0) is 30.9. The Morgan fingerprint density at radius 3 is 2.64 bits per heavy atom. The van der Waals surface area contributed by atoms with Crippen molar-refractivity contribution in [2.24, 2.45) is 0 Å². The van der Waals surface area contributed by atoms with Crippen molar-refractivity contribution >= 4 is 45.9 Å². The van der Waals surface area contributed by atoms with Crippen molar-refractivity contribution in [3.63, 3.8) is 0 Å². The molecule has 4 atom stereocenters. The number of para-hydroxylation sites is 1. The van der Waals surface area contributed by atoms with Crippen LogP contribution in [-0.4, -0.2) is 70.4 Å². The molecule has 1 saturated carbocycles. The number of carbonyl (C=O) groups excluding carboxylic acids is 1. The van der Waals surface area contributed by atoms with Crippen molar-refractivity contribution in [1.82, 2.24) is 19.4 Å². The Hall–Kier alpha value is -3.57. The second-order valence-corrected chi connectivity index (χ2v) is 13.1. The summed E-state index contributed by atoms with van der Waals surface area (Å²) in [7, 11) is 1.37. The van der Waals surface area contributed by atoms with Crippen LogP contribution in [0, 0.1) is 0 Å². The number of piperazine rings is 1. The number of aromatic nitrogens is 3. The number of nitrogens with zero attached hydrogens (tertiary/aromatic N) is 5. The predicted octanol–water partition coefficient (Wildman–Crippen LogP) is 5.81. The lowest BCUT2D eigenvalue weighted by atomic mass is 9.81. The third kappa shape index (κ3) is 4.90. The van der Waals surface area contributed by atoms with E-state index in [1.807, 2.05) is 31.2 Å². The predicted molar refractivity (Wildman–Crippen MR) is 169 cm³/mol. The average molecular weight is 651 g/mol. The summed E-state index contributed by atoms with van der Waals surface area (Å²) in [4.78, 5) is 26.9. The molecular formula is C33H33Cl2N5O5. The van der Waals surface area contributed by atoms with E-state index in [1.54, 1.807) is 18.3 Å². The van der Waals surface area contributed by atoms with Gasteiger partial charge in [-0.25, -0.2) is 9.78 Å². The highest BCUT2D eigenvalue weighted by atomic mass is 35.5. The first-order chi connectivity index (χ1) is 21.8. The minimum Gasteiger partial charge on any atom is -0.465 e. The Balaban J connectivity index is 1.06. The van der Waals surface area contributed by atoms with E-state index in [0.717, 1.165) is 61.7 Å². The second kappa shape index (κ2) is 11.0. The number of anilines is 1. The molecule has 1 aliphatic carbocycles. The van der Waals surface area contributed by atoms with Crippen LogP contribution in [0.2, 0.25) is 10.0 Å². The van der Waals surface area contributed by atoms with Crippen LogP contribution in [0.3, 0.4) is 0 Å². The molecule has 2 aromatic heterocycles. The SMILES string of the molecule is COC(=O)c1cc(Cl)c2nc(CN3CCN(c4cccc5c4O[C@](C)(c4ccc(Cl)cn4)O5)[C@H]4CC[C@H]43)n(C[C@@H]3CCO3)c2c1. The van der Waals surface area contributed by atoms with Gasteiger partial charge >= 0.3 is 5.97 Å². The Morgan fingerprint density at radius 1 is 1.09 bits per heavy atom. The Bertz CT molecular complexity index is 1790. The van der Waals surface area contributed by atoms with Crippen LogP contribution in [0.4, 0.5) is 5.69 Å². The van der Waals surface area contributed by atoms with Crippen LogP contribution >= 0.6 is 23.2 Å². The third-order valence-electron chi connectivity index (χ3n) is 9.59. The molecule has 0 radical (unpaired) electrons. The van der Waals surface area contributed by atoms with Crippen molar-refractivity contribution in [2.75, 3.05) is 31.7 Å². The number of methoxy groups -OCH3 is 1. The van der Waals surface area contributed by atoms with Crippen LogP contribution in [0.25, 0.3) is 11.0 Å². The van der Waals surface area contributed by atoms with Crippen LogP contribution in [-0.2, 0) is 28.4 Å². The first kappa shape index (κ1) is 28.9. The highest BCUT2D eigenvalue weighted by molar-refractivity contribution is 6.35. The summed E-state index contributed by atoms with van der Waals surface area (Å²) in [6.45, 7) is 5.67. The molecule has 0 amide bonds. The van der Waals surface area contributed by atoms with Crippen molar-refractivity contribution in [2.45, 2.75) is 63.3 Å². The van der Waals surface area contributed by atoms with Crippen molar-refractivity contribution < 1.29 is 23.7 Å². The van der Waals surface area contributed by atoms with Crippen molar-refractivity contribution in [3.05, 3.63) is 75.8 Å². The maximum absolute atomic E-state index is 12.4. The standard InChI is InChI=1S/C33H33Cl2N5O5/c1-33(28-9-6-20(34)16-36-28)44-27-5-3-4-25(31(27)45-33)39-12-11-38(23-7-8-24(23)39)18-29-37-30-22(35)14-19(32(41)42-2)15-26(30)40(29)17-21-10-13-43-21/h3-6,9,14-16,21,23-24H,7-8,10-13,17-18H2,1-2H3/t21-,23+,24-,33+/m0/s1. The molecule has 4 aliphatic rings. The smallest absolute Gasteiger partial charge is 0.337 e. The average Bonchev–Trinajstić information content (AvgIpc) is 3.53. The van der Waals surface area contributed by atoms with E-state index in [1.165, 1.54) is 7.11 Å². The fourth-order valence-corrected chi connectivity index (χ4v) is 7.38. The largest absolute Gasteiger partial charge is 0.465 e. The summed E-state index contributed by atoms with van der Waals surface area (Å²) in [6, 6.07) is 13.9. The number of carbonyl (C=O) groups is 1. The minimum atomic E-state index is -1.04. The van der Waals surface area contributed by atoms with Crippen LogP contribution in [0.15, 0.2) is 48.7 Å². The number of esters is 1. The van der Waals surface area contributed by atoms with Gasteiger partial charge in [0.1, 0.15) is 17.0 Å². The van der Waals surface area contributed by atoms with Gasteiger partial charge in [0, 0.05) is 44.9 Å². The molecule has 5 heterocycles. The Labute approximate surface area is 270 Å². The van der Waals surface area contributed by atoms with E-state index in [9.17, 15) is 4.79 Å². The topological polar surface area (TPSA) is 91.2 Å². The molecule has 2 saturated heterocycles. The van der Waals surface area contributed by atoms with Gasteiger partial charge in [0.05, 0.1) is 53.1 Å².